The molecule has 0 atom stereocenters. The van der Waals surface area contributed by atoms with E-state index in [1.165, 1.54) is 24.2 Å². The average molecular weight is 235 g/mol. The molecule has 0 aromatic heterocycles. The van der Waals surface area contributed by atoms with Gasteiger partial charge in [-0.3, -0.25) is 0 Å². The van der Waals surface area contributed by atoms with E-state index in [4.69, 9.17) is 0 Å². The summed E-state index contributed by atoms with van der Waals surface area (Å²) in [4.78, 5) is 0. The summed E-state index contributed by atoms with van der Waals surface area (Å²) in [6.07, 6.45) is 4.35. The topological polar surface area (TPSA) is 12.0 Å². The molecule has 16 heavy (non-hydrogen) atoms. The van der Waals surface area contributed by atoms with Crippen molar-refractivity contribution >= 4 is 11.8 Å². The fraction of sp³-hybridized carbons (Fsp3) is 0.429. The first-order valence-electron chi connectivity index (χ1n) is 5.87. The van der Waals surface area contributed by atoms with Gasteiger partial charge < -0.3 is 5.32 Å². The molecule has 0 amide bonds. The largest absolute Gasteiger partial charge is 0.316 e. The van der Waals surface area contributed by atoms with E-state index in [1.54, 1.807) is 0 Å². The molecule has 2 heteroatoms. The van der Waals surface area contributed by atoms with Crippen LogP contribution in [0.1, 0.15) is 12.0 Å². The SMILES string of the molecule is C=CCSCCNCCCc1ccccc1. The van der Waals surface area contributed by atoms with Gasteiger partial charge in [-0.1, -0.05) is 36.4 Å². The summed E-state index contributed by atoms with van der Waals surface area (Å²) in [6.45, 7) is 5.92. The lowest BCUT2D eigenvalue weighted by molar-refractivity contribution is 0.676. The number of hydrogen-bond acceptors (Lipinski definition) is 2. The van der Waals surface area contributed by atoms with Crippen molar-refractivity contribution in [1.82, 2.24) is 5.32 Å². The standard InChI is InChI=1S/C14H21NS/c1-2-12-16-13-11-15-10-6-9-14-7-4-3-5-8-14/h2-5,7-8,15H,1,6,9-13H2. The van der Waals surface area contributed by atoms with Crippen LogP contribution in [0, 0.1) is 0 Å². The molecular weight excluding hydrogens is 214 g/mol. The molecule has 0 unspecified atom stereocenters. The molecule has 0 fully saturated rings. The van der Waals surface area contributed by atoms with Crippen LogP contribution in [0.15, 0.2) is 43.0 Å². The summed E-state index contributed by atoms with van der Waals surface area (Å²) < 4.78 is 0. The zero-order valence-electron chi connectivity index (χ0n) is 9.82. The van der Waals surface area contributed by atoms with Crippen LogP contribution in [0.2, 0.25) is 0 Å². The van der Waals surface area contributed by atoms with Gasteiger partial charge in [0.05, 0.1) is 0 Å². The minimum Gasteiger partial charge on any atom is -0.316 e. The normalized spacial score (nSPS) is 10.2. The first kappa shape index (κ1) is 13.3. The summed E-state index contributed by atoms with van der Waals surface area (Å²) in [5.74, 6) is 2.24. The maximum Gasteiger partial charge on any atom is 0.0111 e. The van der Waals surface area contributed by atoms with Crippen molar-refractivity contribution in [3.8, 4) is 0 Å². The van der Waals surface area contributed by atoms with Crippen LogP contribution >= 0.6 is 11.8 Å². The summed E-state index contributed by atoms with van der Waals surface area (Å²) >= 11 is 1.93. The Balaban J connectivity index is 1.90. The Kier molecular flexibility index (Phi) is 7.91. The van der Waals surface area contributed by atoms with Gasteiger partial charge in [0, 0.05) is 18.1 Å². The summed E-state index contributed by atoms with van der Waals surface area (Å²) in [5, 5.41) is 3.46. The number of nitrogens with one attached hydrogen (secondary N) is 1. The predicted octanol–water partition coefficient (Wildman–Crippen LogP) is 3.13. The van der Waals surface area contributed by atoms with Crippen LogP contribution in [0.5, 0.6) is 0 Å². The van der Waals surface area contributed by atoms with Crippen molar-refractivity contribution in [2.75, 3.05) is 24.6 Å². The molecule has 0 saturated heterocycles. The second kappa shape index (κ2) is 9.49. The highest BCUT2D eigenvalue weighted by Gasteiger charge is 1.92. The van der Waals surface area contributed by atoms with Crippen LogP contribution in [-0.4, -0.2) is 24.6 Å². The van der Waals surface area contributed by atoms with Crippen LogP contribution in [0.4, 0.5) is 0 Å². The lowest BCUT2D eigenvalue weighted by Crippen LogP contribution is -2.19. The first-order valence-corrected chi connectivity index (χ1v) is 7.02. The van der Waals surface area contributed by atoms with Crippen molar-refractivity contribution in [3.05, 3.63) is 48.6 Å². The van der Waals surface area contributed by atoms with E-state index in [9.17, 15) is 0 Å². The van der Waals surface area contributed by atoms with Gasteiger partial charge >= 0.3 is 0 Å². The first-order chi connectivity index (χ1) is 7.93. The van der Waals surface area contributed by atoms with Gasteiger partial charge in [-0.15, -0.1) is 6.58 Å². The van der Waals surface area contributed by atoms with Crippen molar-refractivity contribution in [3.63, 3.8) is 0 Å². The molecule has 88 valence electrons. The highest BCUT2D eigenvalue weighted by atomic mass is 32.2. The van der Waals surface area contributed by atoms with Crippen LogP contribution in [0.3, 0.4) is 0 Å². The fourth-order valence-electron chi connectivity index (χ4n) is 1.50. The highest BCUT2D eigenvalue weighted by Crippen LogP contribution is 2.01. The summed E-state index contributed by atoms with van der Waals surface area (Å²) in [6, 6.07) is 10.7. The fourth-order valence-corrected chi connectivity index (χ4v) is 2.12. The van der Waals surface area contributed by atoms with Gasteiger partial charge in [-0.2, -0.15) is 11.8 Å². The number of hydrogen-bond donors (Lipinski definition) is 1. The van der Waals surface area contributed by atoms with Gasteiger partial charge in [0.15, 0.2) is 0 Å². The second-order valence-electron chi connectivity index (χ2n) is 3.70. The van der Waals surface area contributed by atoms with E-state index < -0.39 is 0 Å². The average Bonchev–Trinajstić information content (AvgIpc) is 2.34. The molecule has 0 radical (unpaired) electrons. The monoisotopic (exact) mass is 235 g/mol. The molecule has 1 aromatic carbocycles. The lowest BCUT2D eigenvalue weighted by Gasteiger charge is -2.04. The number of rotatable bonds is 9. The molecule has 0 heterocycles. The summed E-state index contributed by atoms with van der Waals surface area (Å²) in [5.41, 5.74) is 1.44. The third-order valence-electron chi connectivity index (χ3n) is 2.32. The lowest BCUT2D eigenvalue weighted by atomic mass is 10.1. The maximum atomic E-state index is 3.70. The zero-order chi connectivity index (χ0) is 11.5. The van der Waals surface area contributed by atoms with Crippen molar-refractivity contribution in [2.45, 2.75) is 12.8 Å². The van der Waals surface area contributed by atoms with E-state index in [0.717, 1.165) is 18.8 Å². The van der Waals surface area contributed by atoms with E-state index in [0.29, 0.717) is 0 Å². The van der Waals surface area contributed by atoms with Crippen molar-refractivity contribution in [1.29, 1.82) is 0 Å². The number of aryl methyl sites for hydroxylation is 1. The molecule has 1 nitrogen and oxygen atoms in total. The van der Waals surface area contributed by atoms with Crippen LogP contribution in [0.25, 0.3) is 0 Å². The molecule has 1 aromatic rings. The molecule has 1 rings (SSSR count). The van der Waals surface area contributed by atoms with Crippen molar-refractivity contribution < 1.29 is 0 Å². The Labute approximate surface area is 103 Å². The van der Waals surface area contributed by atoms with Crippen molar-refractivity contribution in [2.24, 2.45) is 0 Å². The Bertz CT molecular complexity index is 271. The van der Waals surface area contributed by atoms with Gasteiger partial charge in [0.25, 0.3) is 0 Å². The van der Waals surface area contributed by atoms with Gasteiger partial charge in [-0.05, 0) is 24.9 Å². The second-order valence-corrected chi connectivity index (χ2v) is 4.85. The zero-order valence-corrected chi connectivity index (χ0v) is 10.6. The maximum absolute atomic E-state index is 3.70. The van der Waals surface area contributed by atoms with E-state index >= 15 is 0 Å². The molecule has 0 aliphatic rings. The van der Waals surface area contributed by atoms with E-state index in [-0.39, 0.29) is 0 Å². The van der Waals surface area contributed by atoms with Gasteiger partial charge in [0.2, 0.25) is 0 Å². The quantitative estimate of drug-likeness (QED) is 0.521. The Morgan fingerprint density at radius 1 is 1.19 bits per heavy atom. The number of benzene rings is 1. The smallest absolute Gasteiger partial charge is 0.0111 e. The molecule has 0 saturated carbocycles. The molecular formula is C14H21NS. The predicted molar refractivity (Wildman–Crippen MR) is 75.2 cm³/mol. The minimum atomic E-state index is 1.06. The minimum absolute atomic E-state index is 1.06. The third kappa shape index (κ3) is 6.70. The molecule has 0 aliphatic heterocycles. The van der Waals surface area contributed by atoms with Gasteiger partial charge in [-0.25, -0.2) is 0 Å². The molecule has 0 aliphatic carbocycles. The number of thioether (sulfide) groups is 1. The Morgan fingerprint density at radius 2 is 2.00 bits per heavy atom. The van der Waals surface area contributed by atoms with Crippen LogP contribution < -0.4 is 5.32 Å². The molecule has 0 spiro atoms. The Morgan fingerprint density at radius 3 is 2.75 bits per heavy atom. The highest BCUT2D eigenvalue weighted by molar-refractivity contribution is 7.99. The molecule has 1 N–H and O–H groups in total. The molecule has 0 bridgehead atoms. The van der Waals surface area contributed by atoms with E-state index in [1.807, 2.05) is 17.8 Å². The van der Waals surface area contributed by atoms with E-state index in [2.05, 4.69) is 42.2 Å². The van der Waals surface area contributed by atoms with Crippen LogP contribution in [-0.2, 0) is 6.42 Å². The Hall–Kier alpha value is -0.730. The van der Waals surface area contributed by atoms with Gasteiger partial charge in [0.1, 0.15) is 0 Å². The third-order valence-corrected chi connectivity index (χ3v) is 3.28. The summed E-state index contributed by atoms with van der Waals surface area (Å²) in [7, 11) is 0.